The molecule has 2 aromatic carbocycles. The Kier molecular flexibility index (Phi) is 6.26. The smallest absolute Gasteiger partial charge is 0.271 e. The average Bonchev–Trinajstić information content (AvgIpc) is 2.67. The van der Waals surface area contributed by atoms with E-state index in [1.165, 1.54) is 36.4 Å². The van der Waals surface area contributed by atoms with Gasteiger partial charge in [-0.1, -0.05) is 11.6 Å². The summed E-state index contributed by atoms with van der Waals surface area (Å²) in [6, 6.07) is 15.4. The molecule has 0 aliphatic heterocycles. The lowest BCUT2D eigenvalue weighted by molar-refractivity contribution is 0.0949. The van der Waals surface area contributed by atoms with Crippen LogP contribution in [0.1, 0.15) is 10.5 Å². The summed E-state index contributed by atoms with van der Waals surface area (Å²) in [6.07, 6.45) is 0. The maximum absolute atomic E-state index is 13.0. The molecule has 0 atom stereocenters. The molecule has 27 heavy (non-hydrogen) atoms. The van der Waals surface area contributed by atoms with E-state index >= 15 is 0 Å². The third-order valence-corrected chi connectivity index (χ3v) is 4.84. The van der Waals surface area contributed by atoms with Crippen molar-refractivity contribution in [2.24, 2.45) is 0 Å². The van der Waals surface area contributed by atoms with Crippen LogP contribution in [0, 0.1) is 5.82 Å². The fourth-order valence-corrected chi connectivity index (χ4v) is 3.15. The first kappa shape index (κ1) is 19.1. The van der Waals surface area contributed by atoms with E-state index in [-0.39, 0.29) is 11.6 Å². The van der Waals surface area contributed by atoms with Crippen LogP contribution in [0.5, 0.6) is 0 Å². The summed E-state index contributed by atoms with van der Waals surface area (Å²) in [4.78, 5) is 25.3. The maximum Gasteiger partial charge on any atom is 0.271 e. The summed E-state index contributed by atoms with van der Waals surface area (Å²) in [5, 5.41) is 7.51. The Morgan fingerprint density at radius 3 is 2.48 bits per heavy atom. The van der Waals surface area contributed by atoms with Gasteiger partial charge in [0.05, 0.1) is 5.69 Å². The van der Waals surface area contributed by atoms with Gasteiger partial charge in [-0.15, -0.1) is 11.8 Å². The van der Waals surface area contributed by atoms with E-state index in [2.05, 4.69) is 10.4 Å². The molecule has 0 spiro atoms. The Morgan fingerprint density at radius 1 is 1.07 bits per heavy atom. The van der Waals surface area contributed by atoms with Gasteiger partial charge in [-0.3, -0.25) is 9.59 Å². The van der Waals surface area contributed by atoms with E-state index in [1.54, 1.807) is 11.8 Å². The van der Waals surface area contributed by atoms with E-state index in [0.29, 0.717) is 23.0 Å². The fraction of sp³-hybridized carbons (Fsp3) is 0.105. The molecule has 5 nitrogen and oxygen atoms in total. The molecule has 0 saturated heterocycles. The number of nitrogens with zero attached hydrogens (tertiary/aromatic N) is 2. The van der Waals surface area contributed by atoms with Gasteiger partial charge in [0.1, 0.15) is 11.5 Å². The second-order valence-corrected chi connectivity index (χ2v) is 7.11. The Labute approximate surface area is 164 Å². The zero-order valence-corrected chi connectivity index (χ0v) is 15.6. The second kappa shape index (κ2) is 8.83. The van der Waals surface area contributed by atoms with Crippen molar-refractivity contribution in [3.05, 3.63) is 87.6 Å². The van der Waals surface area contributed by atoms with Crippen molar-refractivity contribution >= 4 is 29.3 Å². The number of aromatic nitrogens is 2. The first-order valence-corrected chi connectivity index (χ1v) is 9.42. The van der Waals surface area contributed by atoms with Crippen molar-refractivity contribution in [1.29, 1.82) is 0 Å². The third-order valence-electron chi connectivity index (χ3n) is 3.57. The van der Waals surface area contributed by atoms with Crippen LogP contribution in [-0.2, 0) is 0 Å². The number of hydrogen-bond donors (Lipinski definition) is 1. The van der Waals surface area contributed by atoms with Gasteiger partial charge in [0.25, 0.3) is 11.5 Å². The highest BCUT2D eigenvalue weighted by Crippen LogP contribution is 2.19. The molecule has 0 aliphatic rings. The number of benzene rings is 2. The molecule has 1 N–H and O–H groups in total. The molecular formula is C19H15ClFN3O2S. The van der Waals surface area contributed by atoms with Crippen LogP contribution in [0.25, 0.3) is 5.69 Å². The van der Waals surface area contributed by atoms with Crippen molar-refractivity contribution in [2.45, 2.75) is 4.90 Å². The van der Waals surface area contributed by atoms with Gasteiger partial charge in [0.2, 0.25) is 0 Å². The SMILES string of the molecule is O=C(NCCSc1ccc(Cl)cc1)c1ccc(=O)n(-c2ccc(F)cc2)n1. The monoisotopic (exact) mass is 403 g/mol. The normalized spacial score (nSPS) is 10.6. The maximum atomic E-state index is 13.0. The molecule has 138 valence electrons. The van der Waals surface area contributed by atoms with Crippen LogP contribution in [0.4, 0.5) is 4.39 Å². The van der Waals surface area contributed by atoms with Crippen molar-refractivity contribution in [1.82, 2.24) is 15.1 Å². The van der Waals surface area contributed by atoms with Crippen molar-refractivity contribution in [3.63, 3.8) is 0 Å². The molecule has 0 unspecified atom stereocenters. The summed E-state index contributed by atoms with van der Waals surface area (Å²) < 4.78 is 14.1. The van der Waals surface area contributed by atoms with E-state index in [0.717, 1.165) is 9.58 Å². The fourth-order valence-electron chi connectivity index (χ4n) is 2.25. The van der Waals surface area contributed by atoms with E-state index in [1.807, 2.05) is 24.3 Å². The van der Waals surface area contributed by atoms with Gasteiger partial charge in [-0.2, -0.15) is 9.78 Å². The average molecular weight is 404 g/mol. The first-order valence-electron chi connectivity index (χ1n) is 8.06. The van der Waals surface area contributed by atoms with E-state index in [9.17, 15) is 14.0 Å². The Bertz CT molecular complexity index is 991. The molecule has 0 bridgehead atoms. The Balaban J connectivity index is 1.61. The van der Waals surface area contributed by atoms with Gasteiger partial charge >= 0.3 is 0 Å². The number of halogens is 2. The first-order chi connectivity index (χ1) is 13.0. The van der Waals surface area contributed by atoms with E-state index < -0.39 is 11.4 Å². The number of rotatable bonds is 6. The van der Waals surface area contributed by atoms with Crippen LogP contribution in [0.3, 0.4) is 0 Å². The minimum atomic E-state index is -0.418. The molecule has 3 aromatic rings. The number of amides is 1. The lowest BCUT2D eigenvalue weighted by Crippen LogP contribution is -2.30. The predicted molar refractivity (Wildman–Crippen MR) is 104 cm³/mol. The van der Waals surface area contributed by atoms with Crippen LogP contribution in [-0.4, -0.2) is 28.0 Å². The summed E-state index contributed by atoms with van der Waals surface area (Å²) >= 11 is 7.43. The molecule has 1 amide bonds. The molecular weight excluding hydrogens is 389 g/mol. The minimum Gasteiger partial charge on any atom is -0.350 e. The van der Waals surface area contributed by atoms with Crippen LogP contribution >= 0.6 is 23.4 Å². The molecule has 1 heterocycles. The molecule has 0 aliphatic carbocycles. The van der Waals surface area contributed by atoms with Gasteiger partial charge in [-0.25, -0.2) is 4.39 Å². The number of hydrogen-bond acceptors (Lipinski definition) is 4. The number of carbonyl (C=O) groups excluding carboxylic acids is 1. The highest BCUT2D eigenvalue weighted by Gasteiger charge is 2.10. The molecule has 8 heteroatoms. The van der Waals surface area contributed by atoms with Crippen LogP contribution < -0.4 is 10.9 Å². The minimum absolute atomic E-state index is 0.107. The van der Waals surface area contributed by atoms with Gasteiger partial charge in [0, 0.05) is 28.3 Å². The summed E-state index contributed by atoms with van der Waals surface area (Å²) in [6.45, 7) is 0.434. The van der Waals surface area contributed by atoms with Gasteiger partial charge < -0.3 is 5.32 Å². The number of carbonyl (C=O) groups is 1. The van der Waals surface area contributed by atoms with Gasteiger partial charge in [-0.05, 0) is 54.6 Å². The Morgan fingerprint density at radius 2 is 1.78 bits per heavy atom. The predicted octanol–water partition coefficient (Wildman–Crippen LogP) is 3.55. The summed E-state index contributed by atoms with van der Waals surface area (Å²) in [5.74, 6) is -0.133. The third kappa shape index (κ3) is 5.18. The standard InChI is InChI=1S/C19H15ClFN3O2S/c20-13-1-7-16(8-2-13)27-12-11-22-19(26)17-9-10-18(25)24(23-17)15-5-3-14(21)4-6-15/h1-10H,11-12H2,(H,22,26). The van der Waals surface area contributed by atoms with Crippen molar-refractivity contribution in [2.75, 3.05) is 12.3 Å². The summed E-state index contributed by atoms with van der Waals surface area (Å²) in [7, 11) is 0. The van der Waals surface area contributed by atoms with Crippen LogP contribution in [0.15, 0.2) is 70.4 Å². The second-order valence-electron chi connectivity index (χ2n) is 5.50. The zero-order chi connectivity index (χ0) is 19.2. The van der Waals surface area contributed by atoms with Crippen LogP contribution in [0.2, 0.25) is 5.02 Å². The highest BCUT2D eigenvalue weighted by atomic mass is 35.5. The Hall–Kier alpha value is -2.64. The van der Waals surface area contributed by atoms with Crippen molar-refractivity contribution < 1.29 is 9.18 Å². The zero-order valence-electron chi connectivity index (χ0n) is 14.1. The molecule has 0 radical (unpaired) electrons. The quantitative estimate of drug-likeness (QED) is 0.505. The van der Waals surface area contributed by atoms with E-state index in [4.69, 9.17) is 11.6 Å². The lowest BCUT2D eigenvalue weighted by atomic mass is 10.3. The largest absolute Gasteiger partial charge is 0.350 e. The molecule has 0 fully saturated rings. The lowest BCUT2D eigenvalue weighted by Gasteiger charge is -2.08. The number of thioether (sulfide) groups is 1. The number of nitrogens with one attached hydrogen (secondary N) is 1. The molecule has 3 rings (SSSR count). The van der Waals surface area contributed by atoms with Gasteiger partial charge in [0.15, 0.2) is 0 Å². The topological polar surface area (TPSA) is 64.0 Å². The summed E-state index contributed by atoms with van der Waals surface area (Å²) in [5.41, 5.74) is 0.0845. The molecule has 0 saturated carbocycles. The highest BCUT2D eigenvalue weighted by molar-refractivity contribution is 7.99. The van der Waals surface area contributed by atoms with Crippen molar-refractivity contribution in [3.8, 4) is 5.69 Å². The molecule has 1 aromatic heterocycles.